The Morgan fingerprint density at radius 1 is 0.897 bits per heavy atom. The van der Waals surface area contributed by atoms with Crippen LogP contribution in [-0.4, -0.2) is 48.7 Å². The van der Waals surface area contributed by atoms with Gasteiger partial charge in [-0.1, -0.05) is 76.9 Å². The summed E-state index contributed by atoms with van der Waals surface area (Å²) >= 11 is 0. The van der Waals surface area contributed by atoms with E-state index in [-0.39, 0.29) is 6.42 Å². The van der Waals surface area contributed by atoms with Crippen LogP contribution in [0, 0.1) is 0 Å². The number of allylic oxidation sites excluding steroid dienone is 2. The van der Waals surface area contributed by atoms with Crippen LogP contribution < -0.4 is 5.32 Å². The number of hydrogen-bond donors (Lipinski definition) is 2. The summed E-state index contributed by atoms with van der Waals surface area (Å²) in [6.45, 7) is 7.04. The van der Waals surface area contributed by atoms with Crippen molar-refractivity contribution < 1.29 is 9.90 Å². The lowest BCUT2D eigenvalue weighted by Gasteiger charge is -2.24. The van der Waals surface area contributed by atoms with Gasteiger partial charge in [0.05, 0.1) is 6.42 Å². The van der Waals surface area contributed by atoms with Crippen molar-refractivity contribution in [3.8, 4) is 0 Å². The molecule has 1 atom stereocenters. The van der Waals surface area contributed by atoms with Gasteiger partial charge in [0, 0.05) is 19.1 Å². The van der Waals surface area contributed by atoms with Crippen LogP contribution in [0.3, 0.4) is 0 Å². The van der Waals surface area contributed by atoms with Crippen LogP contribution in [0.5, 0.6) is 0 Å². The minimum Gasteiger partial charge on any atom is -0.481 e. The summed E-state index contributed by atoms with van der Waals surface area (Å²) in [5.74, 6) is -0.721. The van der Waals surface area contributed by atoms with Crippen LogP contribution in [0.2, 0.25) is 0 Å². The fourth-order valence-electron chi connectivity index (χ4n) is 3.46. The third kappa shape index (κ3) is 21.7. The second-order valence-electron chi connectivity index (χ2n) is 8.62. The van der Waals surface area contributed by atoms with Crippen molar-refractivity contribution >= 4 is 5.97 Å². The highest BCUT2D eigenvalue weighted by Crippen LogP contribution is 2.09. The Kier molecular flexibility index (Phi) is 21.2. The first-order valence-corrected chi connectivity index (χ1v) is 12.4. The number of nitrogens with zero attached hydrogens (tertiary/aromatic N) is 1. The third-order valence-corrected chi connectivity index (χ3v) is 5.74. The minimum absolute atomic E-state index is 0.218. The van der Waals surface area contributed by atoms with Gasteiger partial charge in [0.2, 0.25) is 0 Å². The van der Waals surface area contributed by atoms with Crippen LogP contribution in [-0.2, 0) is 4.79 Å². The average Bonchev–Trinajstić information content (AvgIpc) is 2.70. The fourth-order valence-corrected chi connectivity index (χ4v) is 3.46. The van der Waals surface area contributed by atoms with Gasteiger partial charge in [-0.25, -0.2) is 0 Å². The van der Waals surface area contributed by atoms with Crippen molar-refractivity contribution in [2.75, 3.05) is 26.7 Å². The standard InChI is InChI=1S/C25H50N2O2/c1-4-5-6-7-8-9-10-11-12-13-14-15-16-17-18-19-21-26-23-24(2)27(3)22-20-25(28)29/h11-12,24,26H,4-10,13-23H2,1-3H3,(H,28,29)/b12-11-. The molecule has 0 aromatic carbocycles. The topological polar surface area (TPSA) is 52.6 Å². The molecule has 0 rings (SSSR count). The Bertz CT molecular complexity index is 385. The Morgan fingerprint density at radius 3 is 1.97 bits per heavy atom. The van der Waals surface area contributed by atoms with E-state index in [0.717, 1.165) is 13.1 Å². The summed E-state index contributed by atoms with van der Waals surface area (Å²) in [7, 11) is 2.00. The van der Waals surface area contributed by atoms with Crippen molar-refractivity contribution in [2.24, 2.45) is 0 Å². The predicted octanol–water partition coefficient (Wildman–Crippen LogP) is 6.41. The van der Waals surface area contributed by atoms with E-state index < -0.39 is 5.97 Å². The molecule has 0 aliphatic heterocycles. The monoisotopic (exact) mass is 410 g/mol. The lowest BCUT2D eigenvalue weighted by atomic mass is 10.1. The van der Waals surface area contributed by atoms with E-state index in [1.165, 1.54) is 89.9 Å². The minimum atomic E-state index is -0.721. The molecule has 2 N–H and O–H groups in total. The van der Waals surface area contributed by atoms with Crippen molar-refractivity contribution in [1.82, 2.24) is 10.2 Å². The van der Waals surface area contributed by atoms with Crippen LogP contribution in [0.4, 0.5) is 0 Å². The largest absolute Gasteiger partial charge is 0.481 e. The molecule has 29 heavy (non-hydrogen) atoms. The molecule has 4 nitrogen and oxygen atoms in total. The zero-order chi connectivity index (χ0) is 21.6. The van der Waals surface area contributed by atoms with Gasteiger partial charge >= 0.3 is 5.97 Å². The Morgan fingerprint density at radius 2 is 1.41 bits per heavy atom. The first kappa shape index (κ1) is 28.1. The van der Waals surface area contributed by atoms with Crippen molar-refractivity contribution in [3.05, 3.63) is 12.2 Å². The molecule has 0 radical (unpaired) electrons. The van der Waals surface area contributed by atoms with Crippen LogP contribution >= 0.6 is 0 Å². The fraction of sp³-hybridized carbons (Fsp3) is 0.880. The third-order valence-electron chi connectivity index (χ3n) is 5.74. The van der Waals surface area contributed by atoms with E-state index in [4.69, 9.17) is 5.11 Å². The number of aliphatic carboxylic acids is 1. The number of likely N-dealkylation sites (N-methyl/N-ethyl adjacent to an activating group) is 1. The summed E-state index contributed by atoms with van der Waals surface area (Å²) in [4.78, 5) is 12.7. The molecular formula is C25H50N2O2. The van der Waals surface area contributed by atoms with Crippen molar-refractivity contribution in [2.45, 2.75) is 116 Å². The summed E-state index contributed by atoms with van der Waals surface area (Å²) in [6.07, 6.45) is 23.8. The maximum atomic E-state index is 10.6. The van der Waals surface area contributed by atoms with E-state index in [1.807, 2.05) is 7.05 Å². The van der Waals surface area contributed by atoms with E-state index in [2.05, 4.69) is 36.2 Å². The van der Waals surface area contributed by atoms with Gasteiger partial charge in [-0.15, -0.1) is 0 Å². The number of hydrogen-bond acceptors (Lipinski definition) is 3. The second kappa shape index (κ2) is 21.8. The van der Waals surface area contributed by atoms with Gasteiger partial charge in [0.25, 0.3) is 0 Å². The summed E-state index contributed by atoms with van der Waals surface area (Å²) in [6, 6.07) is 0.378. The number of unbranched alkanes of at least 4 members (excludes halogenated alkanes) is 12. The van der Waals surface area contributed by atoms with E-state index in [9.17, 15) is 4.79 Å². The number of carbonyl (C=O) groups is 1. The Labute approximate surface area is 181 Å². The first-order chi connectivity index (χ1) is 14.1. The lowest BCUT2D eigenvalue weighted by Crippen LogP contribution is -2.39. The molecule has 172 valence electrons. The molecule has 0 saturated heterocycles. The predicted molar refractivity (Wildman–Crippen MR) is 127 cm³/mol. The number of carboxylic acid groups (broad SMARTS) is 1. The molecule has 0 aromatic heterocycles. The molecule has 0 bridgehead atoms. The molecule has 0 spiro atoms. The van der Waals surface area contributed by atoms with E-state index >= 15 is 0 Å². The molecule has 1 unspecified atom stereocenters. The zero-order valence-electron chi connectivity index (χ0n) is 19.8. The van der Waals surface area contributed by atoms with Crippen LogP contribution in [0.25, 0.3) is 0 Å². The SMILES string of the molecule is CCCCCCCC/C=C\CCCCCCCCNCC(C)N(C)CCC(=O)O. The number of rotatable bonds is 22. The highest BCUT2D eigenvalue weighted by atomic mass is 16.4. The molecule has 0 heterocycles. The molecule has 0 amide bonds. The molecule has 0 saturated carbocycles. The van der Waals surface area contributed by atoms with Gasteiger partial charge in [0.15, 0.2) is 0 Å². The zero-order valence-corrected chi connectivity index (χ0v) is 19.8. The van der Waals surface area contributed by atoms with Gasteiger partial charge in [-0.2, -0.15) is 0 Å². The maximum absolute atomic E-state index is 10.6. The molecule has 0 aliphatic carbocycles. The molecule has 0 aliphatic rings. The highest BCUT2D eigenvalue weighted by molar-refractivity contribution is 5.66. The molecule has 0 aromatic rings. The Balaban J connectivity index is 3.27. The van der Waals surface area contributed by atoms with E-state index in [1.54, 1.807) is 0 Å². The Hall–Kier alpha value is -0.870. The molecule has 0 fully saturated rings. The summed E-state index contributed by atoms with van der Waals surface area (Å²) in [5, 5.41) is 12.2. The van der Waals surface area contributed by atoms with Gasteiger partial charge in [0.1, 0.15) is 0 Å². The number of carboxylic acids is 1. The number of nitrogens with one attached hydrogen (secondary N) is 1. The van der Waals surface area contributed by atoms with Crippen LogP contribution in [0.1, 0.15) is 110 Å². The molecule has 4 heteroatoms. The first-order valence-electron chi connectivity index (χ1n) is 12.4. The van der Waals surface area contributed by atoms with Gasteiger partial charge in [-0.3, -0.25) is 4.79 Å². The maximum Gasteiger partial charge on any atom is 0.304 e. The van der Waals surface area contributed by atoms with Gasteiger partial charge in [-0.05, 0) is 52.6 Å². The average molecular weight is 411 g/mol. The normalized spacial score (nSPS) is 12.8. The van der Waals surface area contributed by atoms with Crippen molar-refractivity contribution in [3.63, 3.8) is 0 Å². The highest BCUT2D eigenvalue weighted by Gasteiger charge is 2.09. The summed E-state index contributed by atoms with van der Waals surface area (Å²) < 4.78 is 0. The smallest absolute Gasteiger partial charge is 0.304 e. The van der Waals surface area contributed by atoms with E-state index in [0.29, 0.717) is 12.6 Å². The molecular weight excluding hydrogens is 360 g/mol. The van der Waals surface area contributed by atoms with Crippen molar-refractivity contribution in [1.29, 1.82) is 0 Å². The van der Waals surface area contributed by atoms with Crippen LogP contribution in [0.15, 0.2) is 12.2 Å². The summed E-state index contributed by atoms with van der Waals surface area (Å²) in [5.41, 5.74) is 0. The quantitative estimate of drug-likeness (QED) is 0.160. The lowest BCUT2D eigenvalue weighted by molar-refractivity contribution is -0.137. The van der Waals surface area contributed by atoms with Gasteiger partial charge < -0.3 is 15.3 Å². The second-order valence-corrected chi connectivity index (χ2v) is 8.62.